The fourth-order valence-corrected chi connectivity index (χ4v) is 5.80. The molecule has 186 valence electrons. The molecule has 0 spiro atoms. The van der Waals surface area contributed by atoms with E-state index in [1.165, 1.54) is 60.1 Å². The molecule has 3 aromatic rings. The molecule has 0 aromatic heterocycles. The first-order chi connectivity index (χ1) is 16.7. The summed E-state index contributed by atoms with van der Waals surface area (Å²) in [5.74, 6) is 0.960. The van der Waals surface area contributed by atoms with E-state index in [1.807, 2.05) is 13.8 Å². The van der Waals surface area contributed by atoms with Crippen molar-refractivity contribution in [2.24, 2.45) is 5.92 Å². The van der Waals surface area contributed by atoms with Gasteiger partial charge in [-0.2, -0.15) is 0 Å². The van der Waals surface area contributed by atoms with Gasteiger partial charge in [-0.1, -0.05) is 50.1 Å². The summed E-state index contributed by atoms with van der Waals surface area (Å²) < 4.78 is 33.4. The van der Waals surface area contributed by atoms with E-state index in [1.54, 1.807) is 6.07 Å². The van der Waals surface area contributed by atoms with E-state index in [2.05, 4.69) is 45.0 Å². The topological polar surface area (TPSA) is 9.23 Å². The summed E-state index contributed by atoms with van der Waals surface area (Å²) in [5.41, 5.74) is 9.03. The first kappa shape index (κ1) is 25.4. The van der Waals surface area contributed by atoms with Crippen LogP contribution in [0.15, 0.2) is 42.5 Å². The minimum atomic E-state index is -0.815. The van der Waals surface area contributed by atoms with E-state index in [0.717, 1.165) is 41.2 Å². The Morgan fingerprint density at radius 3 is 2.00 bits per heavy atom. The number of halogens is 2. The Hall–Kier alpha value is -2.68. The maximum absolute atomic E-state index is 13.8. The highest BCUT2D eigenvalue weighted by molar-refractivity contribution is 5.71. The van der Waals surface area contributed by atoms with E-state index >= 15 is 0 Å². The fraction of sp³-hybridized carbons (Fsp3) is 0.438. The molecule has 0 saturated heterocycles. The van der Waals surface area contributed by atoms with E-state index in [9.17, 15) is 8.78 Å². The summed E-state index contributed by atoms with van der Waals surface area (Å²) in [5, 5.41) is 0. The zero-order valence-corrected chi connectivity index (χ0v) is 21.8. The van der Waals surface area contributed by atoms with Gasteiger partial charge in [0.2, 0.25) is 0 Å². The number of hydrogen-bond acceptors (Lipinski definition) is 1. The van der Waals surface area contributed by atoms with Gasteiger partial charge in [-0.3, -0.25) is 0 Å². The third-order valence-corrected chi connectivity index (χ3v) is 7.63. The highest BCUT2D eigenvalue weighted by atomic mass is 19.2. The fourth-order valence-electron chi connectivity index (χ4n) is 5.80. The van der Waals surface area contributed by atoms with Crippen LogP contribution in [0.25, 0.3) is 11.1 Å². The first-order valence-electron chi connectivity index (χ1n) is 13.0. The van der Waals surface area contributed by atoms with Crippen LogP contribution in [0, 0.1) is 45.2 Å². The normalized spacial score (nSPS) is 18.0. The van der Waals surface area contributed by atoms with Crippen molar-refractivity contribution in [3.05, 3.63) is 87.5 Å². The third kappa shape index (κ3) is 5.94. The van der Waals surface area contributed by atoms with Crippen molar-refractivity contribution in [1.82, 2.24) is 0 Å². The molecule has 0 radical (unpaired) electrons. The smallest absolute Gasteiger partial charge is 0.159 e. The van der Waals surface area contributed by atoms with Crippen LogP contribution in [0.3, 0.4) is 0 Å². The molecule has 0 unspecified atom stereocenters. The van der Waals surface area contributed by atoms with E-state index in [0.29, 0.717) is 18.1 Å². The molecule has 35 heavy (non-hydrogen) atoms. The van der Waals surface area contributed by atoms with Crippen molar-refractivity contribution in [1.29, 1.82) is 0 Å². The molecule has 1 saturated carbocycles. The quantitative estimate of drug-likeness (QED) is 0.309. The van der Waals surface area contributed by atoms with Gasteiger partial charge in [-0.05, 0) is 122 Å². The molecule has 0 atom stereocenters. The van der Waals surface area contributed by atoms with Gasteiger partial charge in [-0.25, -0.2) is 8.78 Å². The van der Waals surface area contributed by atoms with Crippen molar-refractivity contribution < 1.29 is 13.5 Å². The molecule has 1 fully saturated rings. The summed E-state index contributed by atoms with van der Waals surface area (Å²) in [6, 6.07) is 13.1. The number of ether oxygens (including phenoxy) is 1. The molecule has 4 rings (SSSR count). The molecule has 1 nitrogen and oxygen atoms in total. The average Bonchev–Trinajstić information content (AvgIpc) is 2.80. The highest BCUT2D eigenvalue weighted by Gasteiger charge is 2.21. The maximum Gasteiger partial charge on any atom is 0.159 e. The van der Waals surface area contributed by atoms with Gasteiger partial charge in [0, 0.05) is 0 Å². The molecule has 0 heterocycles. The summed E-state index contributed by atoms with van der Waals surface area (Å²) >= 11 is 0. The Bertz CT molecular complexity index is 1140. The van der Waals surface area contributed by atoms with Gasteiger partial charge < -0.3 is 4.74 Å². The van der Waals surface area contributed by atoms with Crippen molar-refractivity contribution in [3.8, 4) is 16.9 Å². The van der Waals surface area contributed by atoms with Crippen LogP contribution in [0.4, 0.5) is 8.78 Å². The van der Waals surface area contributed by atoms with Crippen molar-refractivity contribution in [3.63, 3.8) is 0 Å². The molecular weight excluding hydrogens is 438 g/mol. The van der Waals surface area contributed by atoms with Crippen molar-refractivity contribution in [2.45, 2.75) is 79.1 Å². The highest BCUT2D eigenvalue weighted by Crippen LogP contribution is 2.38. The van der Waals surface area contributed by atoms with E-state index in [-0.39, 0.29) is 0 Å². The zero-order valence-electron chi connectivity index (χ0n) is 21.8. The monoisotopic (exact) mass is 476 g/mol. The van der Waals surface area contributed by atoms with Crippen molar-refractivity contribution in [2.75, 3.05) is 6.61 Å². The van der Waals surface area contributed by atoms with Gasteiger partial charge in [-0.15, -0.1) is 0 Å². The summed E-state index contributed by atoms with van der Waals surface area (Å²) in [7, 11) is 0. The predicted octanol–water partition coefficient (Wildman–Crippen LogP) is 9.17. The van der Waals surface area contributed by atoms with Crippen LogP contribution >= 0.6 is 0 Å². The summed E-state index contributed by atoms with van der Waals surface area (Å²) in [6.45, 7) is 11.4. The van der Waals surface area contributed by atoms with Crippen LogP contribution in [-0.2, 0) is 6.42 Å². The SMILES string of the molecule is Cc1cc(C2CCC(C)CC2)cc(C)c1OCCCc1cc(C)c(-c2ccc(F)c(F)c2)c(C)c1. The van der Waals surface area contributed by atoms with Crippen LogP contribution in [0.2, 0.25) is 0 Å². The molecule has 1 aliphatic rings. The number of hydrogen-bond donors (Lipinski definition) is 0. The van der Waals surface area contributed by atoms with Gasteiger partial charge in [0.25, 0.3) is 0 Å². The van der Waals surface area contributed by atoms with Crippen molar-refractivity contribution >= 4 is 0 Å². The lowest BCUT2D eigenvalue weighted by molar-refractivity contribution is 0.306. The van der Waals surface area contributed by atoms with Gasteiger partial charge >= 0.3 is 0 Å². The predicted molar refractivity (Wildman–Crippen MR) is 141 cm³/mol. The van der Waals surface area contributed by atoms with Crippen LogP contribution < -0.4 is 4.74 Å². The number of aryl methyl sites for hydroxylation is 5. The number of benzene rings is 3. The second-order valence-electron chi connectivity index (χ2n) is 10.6. The first-order valence-corrected chi connectivity index (χ1v) is 13.0. The van der Waals surface area contributed by atoms with Crippen LogP contribution in [0.5, 0.6) is 5.75 Å². The molecule has 0 N–H and O–H groups in total. The van der Waals surface area contributed by atoms with Gasteiger partial charge in [0.15, 0.2) is 11.6 Å². The molecule has 1 aliphatic carbocycles. The average molecular weight is 477 g/mol. The Labute approximate surface area is 209 Å². The van der Waals surface area contributed by atoms with E-state index < -0.39 is 11.6 Å². The molecule has 3 aromatic carbocycles. The van der Waals surface area contributed by atoms with Gasteiger partial charge in [0.1, 0.15) is 5.75 Å². The molecular formula is C32H38F2O. The Balaban J connectivity index is 1.37. The third-order valence-electron chi connectivity index (χ3n) is 7.63. The summed E-state index contributed by atoms with van der Waals surface area (Å²) in [4.78, 5) is 0. The Morgan fingerprint density at radius 1 is 0.771 bits per heavy atom. The lowest BCUT2D eigenvalue weighted by Gasteiger charge is -2.27. The standard InChI is InChI=1S/C32H38F2O/c1-20-8-10-26(11-9-20)28-17-23(4)32(24(5)18-28)35-14-6-7-25-15-21(2)31(22(3)16-25)27-12-13-29(33)30(34)19-27/h12-13,15-20,26H,6-11,14H2,1-5H3. The lowest BCUT2D eigenvalue weighted by atomic mass is 9.79. The zero-order chi connectivity index (χ0) is 25.1. The summed E-state index contributed by atoms with van der Waals surface area (Å²) in [6.07, 6.45) is 7.10. The number of rotatable bonds is 7. The Kier molecular flexibility index (Phi) is 7.94. The van der Waals surface area contributed by atoms with Crippen LogP contribution in [0.1, 0.15) is 78.3 Å². The maximum atomic E-state index is 13.8. The minimum Gasteiger partial charge on any atom is -0.493 e. The Morgan fingerprint density at radius 2 is 1.40 bits per heavy atom. The second kappa shape index (κ2) is 10.9. The lowest BCUT2D eigenvalue weighted by Crippen LogP contribution is -2.11. The minimum absolute atomic E-state index is 0.672. The van der Waals surface area contributed by atoms with Gasteiger partial charge in [0.05, 0.1) is 6.61 Å². The molecule has 0 bridgehead atoms. The largest absolute Gasteiger partial charge is 0.493 e. The molecule has 0 aliphatic heterocycles. The van der Waals surface area contributed by atoms with E-state index in [4.69, 9.17) is 4.74 Å². The van der Waals surface area contributed by atoms with Crippen LogP contribution in [-0.4, -0.2) is 6.61 Å². The molecule has 3 heteroatoms. The second-order valence-corrected chi connectivity index (χ2v) is 10.6. The molecule has 0 amide bonds.